The van der Waals surface area contributed by atoms with E-state index in [1.54, 1.807) is 22.8 Å². The van der Waals surface area contributed by atoms with E-state index in [4.69, 9.17) is 4.74 Å². The van der Waals surface area contributed by atoms with Crippen molar-refractivity contribution in [2.45, 2.75) is 20.0 Å². The number of benzene rings is 1. The van der Waals surface area contributed by atoms with Gasteiger partial charge < -0.3 is 4.74 Å². The first kappa shape index (κ1) is 13.4. The second-order valence-corrected chi connectivity index (χ2v) is 5.11. The molecule has 0 aliphatic carbocycles. The van der Waals surface area contributed by atoms with Gasteiger partial charge in [-0.05, 0) is 38.1 Å². The summed E-state index contributed by atoms with van der Waals surface area (Å²) in [7, 11) is 0. The summed E-state index contributed by atoms with van der Waals surface area (Å²) < 4.78 is 7.33. The van der Waals surface area contributed by atoms with E-state index in [0.717, 1.165) is 5.52 Å². The molecular weight excluding hydrogens is 264 g/mol. The van der Waals surface area contributed by atoms with Crippen molar-refractivity contribution in [2.75, 3.05) is 0 Å². The van der Waals surface area contributed by atoms with Gasteiger partial charge in [0.15, 0.2) is 5.78 Å². The van der Waals surface area contributed by atoms with Gasteiger partial charge in [0.1, 0.15) is 5.75 Å². The first-order chi connectivity index (χ1) is 10.1. The summed E-state index contributed by atoms with van der Waals surface area (Å²) in [6.07, 6.45) is 3.50. The lowest BCUT2D eigenvalue weighted by molar-refractivity contribution is 0.103. The first-order valence-electron chi connectivity index (χ1n) is 6.89. The second kappa shape index (κ2) is 5.40. The smallest absolute Gasteiger partial charge is 0.196 e. The number of fused-ring (bicyclic) bond motifs is 1. The molecule has 4 nitrogen and oxygen atoms in total. The minimum absolute atomic E-state index is 0.0505. The number of hydrogen-bond donors (Lipinski definition) is 0. The molecule has 2 heterocycles. The van der Waals surface area contributed by atoms with Crippen LogP contribution in [0.1, 0.15) is 29.8 Å². The maximum absolute atomic E-state index is 12.7. The van der Waals surface area contributed by atoms with E-state index < -0.39 is 0 Å². The Morgan fingerprint density at radius 3 is 2.86 bits per heavy atom. The molecule has 0 atom stereocenters. The number of pyridine rings is 1. The lowest BCUT2D eigenvalue weighted by atomic mass is 10.0. The highest BCUT2D eigenvalue weighted by atomic mass is 16.5. The maximum atomic E-state index is 12.7. The van der Waals surface area contributed by atoms with Crippen molar-refractivity contribution >= 4 is 11.3 Å². The van der Waals surface area contributed by atoms with Crippen LogP contribution in [0.2, 0.25) is 0 Å². The van der Waals surface area contributed by atoms with E-state index in [2.05, 4.69) is 5.10 Å². The molecule has 3 rings (SSSR count). The Hall–Kier alpha value is -2.62. The molecular formula is C17H16N2O2. The predicted molar refractivity (Wildman–Crippen MR) is 80.8 cm³/mol. The monoisotopic (exact) mass is 280 g/mol. The Morgan fingerprint density at radius 2 is 2.05 bits per heavy atom. The van der Waals surface area contributed by atoms with Crippen LogP contribution in [0.25, 0.3) is 5.52 Å². The summed E-state index contributed by atoms with van der Waals surface area (Å²) in [6, 6.07) is 12.9. The molecule has 0 fully saturated rings. The minimum atomic E-state index is -0.0505. The predicted octanol–water partition coefficient (Wildman–Crippen LogP) is 3.35. The molecule has 0 bridgehead atoms. The third kappa shape index (κ3) is 2.65. The summed E-state index contributed by atoms with van der Waals surface area (Å²) >= 11 is 0. The second-order valence-electron chi connectivity index (χ2n) is 5.11. The Morgan fingerprint density at radius 1 is 1.19 bits per heavy atom. The van der Waals surface area contributed by atoms with Gasteiger partial charge in [0, 0.05) is 11.8 Å². The van der Waals surface area contributed by atoms with E-state index in [1.807, 2.05) is 50.4 Å². The summed E-state index contributed by atoms with van der Waals surface area (Å²) in [6.45, 7) is 3.92. The zero-order valence-electron chi connectivity index (χ0n) is 12.0. The molecule has 106 valence electrons. The lowest BCUT2D eigenvalue weighted by Gasteiger charge is -2.10. The van der Waals surface area contributed by atoms with Gasteiger partial charge in [0.25, 0.3) is 0 Å². The van der Waals surface area contributed by atoms with Gasteiger partial charge in [-0.2, -0.15) is 5.10 Å². The van der Waals surface area contributed by atoms with Crippen LogP contribution < -0.4 is 4.74 Å². The van der Waals surface area contributed by atoms with Gasteiger partial charge in [-0.3, -0.25) is 4.79 Å². The number of ether oxygens (including phenoxy) is 1. The molecule has 3 aromatic rings. The van der Waals surface area contributed by atoms with E-state index in [9.17, 15) is 4.79 Å². The van der Waals surface area contributed by atoms with Crippen molar-refractivity contribution in [3.05, 3.63) is 66.0 Å². The van der Waals surface area contributed by atoms with Gasteiger partial charge in [0.2, 0.25) is 0 Å². The number of nitrogens with zero attached hydrogens (tertiary/aromatic N) is 2. The number of rotatable bonds is 4. The average Bonchev–Trinajstić information content (AvgIpc) is 2.90. The summed E-state index contributed by atoms with van der Waals surface area (Å²) in [4.78, 5) is 12.7. The number of hydrogen-bond acceptors (Lipinski definition) is 3. The Bertz CT molecular complexity index is 790. The molecule has 0 spiro atoms. The van der Waals surface area contributed by atoms with Crippen LogP contribution in [0.3, 0.4) is 0 Å². The summed E-state index contributed by atoms with van der Waals surface area (Å²) in [5.41, 5.74) is 2.00. The van der Waals surface area contributed by atoms with Gasteiger partial charge in [-0.15, -0.1) is 0 Å². The van der Waals surface area contributed by atoms with Crippen LogP contribution in [0, 0.1) is 0 Å². The van der Waals surface area contributed by atoms with Crippen LogP contribution in [0.15, 0.2) is 54.9 Å². The quantitative estimate of drug-likeness (QED) is 0.688. The third-order valence-corrected chi connectivity index (χ3v) is 3.14. The molecule has 2 aromatic heterocycles. The van der Waals surface area contributed by atoms with Crippen molar-refractivity contribution in [3.63, 3.8) is 0 Å². The fraction of sp³-hybridized carbons (Fsp3) is 0.176. The van der Waals surface area contributed by atoms with Gasteiger partial charge >= 0.3 is 0 Å². The van der Waals surface area contributed by atoms with Crippen molar-refractivity contribution in [2.24, 2.45) is 0 Å². The normalized spacial score (nSPS) is 11.0. The Balaban J connectivity index is 1.98. The fourth-order valence-corrected chi connectivity index (χ4v) is 2.25. The lowest BCUT2D eigenvalue weighted by Crippen LogP contribution is -2.07. The van der Waals surface area contributed by atoms with Crippen LogP contribution >= 0.6 is 0 Å². The molecule has 0 saturated heterocycles. The molecule has 0 radical (unpaired) electrons. The Kier molecular flexibility index (Phi) is 3.44. The number of aromatic nitrogens is 2. The zero-order chi connectivity index (χ0) is 14.8. The highest BCUT2D eigenvalue weighted by Gasteiger charge is 2.15. The number of ketones is 1. The molecule has 0 aliphatic heterocycles. The van der Waals surface area contributed by atoms with Crippen LogP contribution in [0.4, 0.5) is 0 Å². The van der Waals surface area contributed by atoms with E-state index in [0.29, 0.717) is 16.9 Å². The topological polar surface area (TPSA) is 43.6 Å². The summed E-state index contributed by atoms with van der Waals surface area (Å²) in [5, 5.41) is 4.20. The first-order valence-corrected chi connectivity index (χ1v) is 6.89. The van der Waals surface area contributed by atoms with Crippen molar-refractivity contribution in [3.8, 4) is 5.75 Å². The maximum Gasteiger partial charge on any atom is 0.196 e. The molecule has 0 N–H and O–H groups in total. The molecule has 0 saturated carbocycles. The molecule has 4 heteroatoms. The Labute approximate surface area is 123 Å². The molecule has 0 aliphatic rings. The van der Waals surface area contributed by atoms with E-state index in [-0.39, 0.29) is 11.9 Å². The van der Waals surface area contributed by atoms with E-state index >= 15 is 0 Å². The standard InChI is InChI=1S/C17H16N2O2/c1-12(2)21-14-7-5-6-13(10-14)17(20)15-11-18-19-9-4-3-8-16(15)19/h3-12H,1-2H3. The van der Waals surface area contributed by atoms with Gasteiger partial charge in [-0.1, -0.05) is 18.2 Å². The highest BCUT2D eigenvalue weighted by Crippen LogP contribution is 2.20. The number of carbonyl (C=O) groups is 1. The van der Waals surface area contributed by atoms with Crippen molar-refractivity contribution in [1.29, 1.82) is 0 Å². The van der Waals surface area contributed by atoms with Crippen molar-refractivity contribution in [1.82, 2.24) is 9.61 Å². The van der Waals surface area contributed by atoms with Crippen LogP contribution in [-0.4, -0.2) is 21.5 Å². The molecule has 1 aromatic carbocycles. The van der Waals surface area contributed by atoms with E-state index in [1.165, 1.54) is 0 Å². The van der Waals surface area contributed by atoms with Crippen LogP contribution in [0.5, 0.6) is 5.75 Å². The van der Waals surface area contributed by atoms with Crippen molar-refractivity contribution < 1.29 is 9.53 Å². The molecule has 0 unspecified atom stereocenters. The van der Waals surface area contributed by atoms with Crippen LogP contribution in [-0.2, 0) is 0 Å². The number of carbonyl (C=O) groups excluding carboxylic acids is 1. The third-order valence-electron chi connectivity index (χ3n) is 3.14. The largest absolute Gasteiger partial charge is 0.491 e. The van der Waals surface area contributed by atoms with Gasteiger partial charge in [0.05, 0.1) is 23.4 Å². The van der Waals surface area contributed by atoms with Gasteiger partial charge in [-0.25, -0.2) is 4.52 Å². The molecule has 0 amide bonds. The summed E-state index contributed by atoms with van der Waals surface area (Å²) in [5.74, 6) is 0.651. The SMILES string of the molecule is CC(C)Oc1cccc(C(=O)c2cnn3ccccc23)c1. The molecule has 21 heavy (non-hydrogen) atoms. The zero-order valence-corrected chi connectivity index (χ0v) is 12.0. The fourth-order valence-electron chi connectivity index (χ4n) is 2.25. The average molecular weight is 280 g/mol. The highest BCUT2D eigenvalue weighted by molar-refractivity contribution is 6.13. The minimum Gasteiger partial charge on any atom is -0.491 e.